The summed E-state index contributed by atoms with van der Waals surface area (Å²) in [6.45, 7) is 11.2. The molecule has 0 amide bonds. The van der Waals surface area contributed by atoms with Gasteiger partial charge < -0.3 is 5.73 Å². The number of hydrogen-bond acceptors (Lipinski definition) is 2. The van der Waals surface area contributed by atoms with Gasteiger partial charge in [0.05, 0.1) is 0 Å². The molecule has 1 aromatic carbocycles. The third-order valence-corrected chi connectivity index (χ3v) is 2.44. The van der Waals surface area contributed by atoms with E-state index in [9.17, 15) is 13.6 Å². The van der Waals surface area contributed by atoms with Crippen molar-refractivity contribution in [3.63, 3.8) is 0 Å². The largest absolute Gasteiger partial charge is 0.328 e. The number of carbonyl (C=O) groups excluding carboxylic acids is 1. The fourth-order valence-corrected chi connectivity index (χ4v) is 1.64. The third-order valence-electron chi connectivity index (χ3n) is 2.44. The zero-order valence-electron chi connectivity index (χ0n) is 13.3. The molecule has 0 heterocycles. The number of ketones is 1. The van der Waals surface area contributed by atoms with Crippen LogP contribution in [0.2, 0.25) is 0 Å². The van der Waals surface area contributed by atoms with Gasteiger partial charge in [0.2, 0.25) is 0 Å². The number of nitrogens with two attached hydrogens (primary N) is 1. The maximum Gasteiger partial charge on any atom is 0.159 e. The second kappa shape index (κ2) is 11.5. The van der Waals surface area contributed by atoms with Crippen LogP contribution in [0.5, 0.6) is 0 Å². The first-order valence-corrected chi connectivity index (χ1v) is 7.12. The molecule has 0 radical (unpaired) electrons. The third kappa shape index (κ3) is 7.34. The predicted octanol–water partition coefficient (Wildman–Crippen LogP) is 4.43. The SMILES string of the molecule is CC.CC.CC(=O)C(CC(C)N)c1ccc(F)c(F)c1. The van der Waals surface area contributed by atoms with Gasteiger partial charge in [0, 0.05) is 12.0 Å². The lowest BCUT2D eigenvalue weighted by atomic mass is 9.89. The molecule has 0 aliphatic heterocycles. The molecule has 0 aliphatic carbocycles. The van der Waals surface area contributed by atoms with Gasteiger partial charge in [0.25, 0.3) is 0 Å². The van der Waals surface area contributed by atoms with E-state index in [1.54, 1.807) is 6.92 Å². The van der Waals surface area contributed by atoms with Gasteiger partial charge in [-0.3, -0.25) is 4.79 Å². The second-order valence-corrected chi connectivity index (χ2v) is 4.05. The van der Waals surface area contributed by atoms with E-state index >= 15 is 0 Å². The number of hydrogen-bond donors (Lipinski definition) is 1. The van der Waals surface area contributed by atoms with Gasteiger partial charge in [-0.2, -0.15) is 0 Å². The van der Waals surface area contributed by atoms with Crippen molar-refractivity contribution in [1.29, 1.82) is 0 Å². The minimum absolute atomic E-state index is 0.0942. The topological polar surface area (TPSA) is 43.1 Å². The van der Waals surface area contributed by atoms with Crippen LogP contribution in [-0.4, -0.2) is 11.8 Å². The number of carbonyl (C=O) groups is 1. The molecule has 0 aliphatic rings. The van der Waals surface area contributed by atoms with Crippen LogP contribution in [0, 0.1) is 11.6 Å². The minimum atomic E-state index is -0.937. The number of benzene rings is 1. The van der Waals surface area contributed by atoms with Crippen molar-refractivity contribution in [3.05, 3.63) is 35.4 Å². The fourth-order valence-electron chi connectivity index (χ4n) is 1.64. The molecule has 2 N–H and O–H groups in total. The van der Waals surface area contributed by atoms with Gasteiger partial charge in [-0.05, 0) is 38.0 Å². The van der Waals surface area contributed by atoms with Crippen LogP contribution >= 0.6 is 0 Å². The Morgan fingerprint density at radius 3 is 2.00 bits per heavy atom. The van der Waals surface area contributed by atoms with Crippen LogP contribution in [0.25, 0.3) is 0 Å². The Morgan fingerprint density at radius 1 is 1.15 bits per heavy atom. The zero-order valence-corrected chi connectivity index (χ0v) is 13.3. The van der Waals surface area contributed by atoms with Crippen molar-refractivity contribution >= 4 is 5.78 Å². The van der Waals surface area contributed by atoms with Gasteiger partial charge >= 0.3 is 0 Å². The van der Waals surface area contributed by atoms with Crippen LogP contribution in [-0.2, 0) is 4.79 Å². The molecule has 2 atom stereocenters. The van der Waals surface area contributed by atoms with Gasteiger partial charge in [0.15, 0.2) is 11.6 Å². The molecule has 2 unspecified atom stereocenters. The summed E-state index contributed by atoms with van der Waals surface area (Å²) < 4.78 is 25.8. The smallest absolute Gasteiger partial charge is 0.159 e. The molecule has 116 valence electrons. The molecule has 2 nitrogen and oxygen atoms in total. The first-order valence-electron chi connectivity index (χ1n) is 7.12. The summed E-state index contributed by atoms with van der Waals surface area (Å²) in [7, 11) is 0. The van der Waals surface area contributed by atoms with Gasteiger partial charge in [-0.25, -0.2) is 8.78 Å². The van der Waals surface area contributed by atoms with Crippen LogP contribution in [0.4, 0.5) is 8.78 Å². The van der Waals surface area contributed by atoms with Gasteiger partial charge in [0.1, 0.15) is 5.78 Å². The minimum Gasteiger partial charge on any atom is -0.328 e. The summed E-state index contributed by atoms with van der Waals surface area (Å²) in [6.07, 6.45) is 0.431. The van der Waals surface area contributed by atoms with Crippen molar-refractivity contribution in [2.24, 2.45) is 5.73 Å². The molecule has 1 aromatic rings. The van der Waals surface area contributed by atoms with Crippen molar-refractivity contribution in [3.8, 4) is 0 Å². The van der Waals surface area contributed by atoms with E-state index in [-0.39, 0.29) is 11.8 Å². The summed E-state index contributed by atoms with van der Waals surface area (Å²) in [6, 6.07) is 3.35. The van der Waals surface area contributed by atoms with E-state index in [0.717, 1.165) is 12.1 Å². The quantitative estimate of drug-likeness (QED) is 0.890. The summed E-state index contributed by atoms with van der Waals surface area (Å²) in [5, 5.41) is 0. The lowest BCUT2D eigenvalue weighted by molar-refractivity contribution is -0.118. The average Bonchev–Trinajstić information content (AvgIpc) is 2.43. The molecular formula is C16H27F2NO. The Kier molecular flexibility index (Phi) is 12.1. The predicted molar refractivity (Wildman–Crippen MR) is 80.7 cm³/mol. The standard InChI is InChI=1S/C12H15F2NO.2C2H6/c1-7(15)5-10(8(2)16)9-3-4-11(13)12(14)6-9;2*1-2/h3-4,6-7,10H,5,15H2,1-2H3;2*1-2H3. The Balaban J connectivity index is 0. The van der Waals surface area contributed by atoms with E-state index < -0.39 is 17.6 Å². The molecule has 4 heteroatoms. The van der Waals surface area contributed by atoms with Crippen molar-refractivity contribution < 1.29 is 13.6 Å². The second-order valence-electron chi connectivity index (χ2n) is 4.05. The van der Waals surface area contributed by atoms with Crippen molar-refractivity contribution in [2.75, 3.05) is 0 Å². The Bertz CT molecular complexity index is 392. The zero-order chi connectivity index (χ0) is 16.3. The number of halogens is 2. The van der Waals surface area contributed by atoms with Crippen LogP contribution in [0.15, 0.2) is 18.2 Å². The number of rotatable bonds is 4. The highest BCUT2D eigenvalue weighted by Crippen LogP contribution is 2.23. The van der Waals surface area contributed by atoms with Gasteiger partial charge in [-0.15, -0.1) is 0 Å². The highest BCUT2D eigenvalue weighted by atomic mass is 19.2. The maximum atomic E-state index is 13.0. The van der Waals surface area contributed by atoms with Crippen LogP contribution in [0.1, 0.15) is 59.4 Å². The van der Waals surface area contributed by atoms with E-state index in [1.165, 1.54) is 13.0 Å². The van der Waals surface area contributed by atoms with Gasteiger partial charge in [-0.1, -0.05) is 33.8 Å². The molecule has 1 rings (SSSR count). The maximum absolute atomic E-state index is 13.0. The molecule has 0 saturated carbocycles. The van der Waals surface area contributed by atoms with E-state index in [4.69, 9.17) is 5.73 Å². The van der Waals surface area contributed by atoms with E-state index in [1.807, 2.05) is 27.7 Å². The normalized spacial score (nSPS) is 12.2. The fraction of sp³-hybridized carbons (Fsp3) is 0.562. The molecular weight excluding hydrogens is 260 g/mol. The Labute approximate surface area is 121 Å². The average molecular weight is 287 g/mol. The van der Waals surface area contributed by atoms with E-state index in [2.05, 4.69) is 0 Å². The molecule has 0 fully saturated rings. The summed E-state index contributed by atoms with van der Waals surface area (Å²) >= 11 is 0. The molecule has 0 aromatic heterocycles. The Hall–Kier alpha value is -1.29. The molecule has 20 heavy (non-hydrogen) atoms. The highest BCUT2D eigenvalue weighted by Gasteiger charge is 2.19. The summed E-state index contributed by atoms with van der Waals surface area (Å²) in [4.78, 5) is 11.4. The molecule has 0 bridgehead atoms. The molecule has 0 spiro atoms. The lowest BCUT2D eigenvalue weighted by Crippen LogP contribution is -2.22. The number of Topliss-reactive ketones (excluding diaryl/α,β-unsaturated/α-hetero) is 1. The van der Waals surface area contributed by atoms with E-state index in [0.29, 0.717) is 12.0 Å². The lowest BCUT2D eigenvalue weighted by Gasteiger charge is -2.16. The van der Waals surface area contributed by atoms with Crippen LogP contribution < -0.4 is 5.73 Å². The first kappa shape index (κ1) is 21.0. The summed E-state index contributed by atoms with van der Waals surface area (Å²) in [5.41, 5.74) is 6.09. The molecule has 0 saturated heterocycles. The Morgan fingerprint density at radius 2 is 1.65 bits per heavy atom. The summed E-state index contributed by atoms with van der Waals surface area (Å²) in [5.74, 6) is -2.40. The van der Waals surface area contributed by atoms with Crippen molar-refractivity contribution in [1.82, 2.24) is 0 Å². The van der Waals surface area contributed by atoms with Crippen LogP contribution in [0.3, 0.4) is 0 Å². The van der Waals surface area contributed by atoms with Crippen molar-refractivity contribution in [2.45, 2.75) is 59.9 Å². The monoisotopic (exact) mass is 287 g/mol. The highest BCUT2D eigenvalue weighted by molar-refractivity contribution is 5.83. The first-order chi connectivity index (χ1) is 9.41.